The van der Waals surface area contributed by atoms with Gasteiger partial charge in [-0.05, 0) is 32.0 Å². The van der Waals surface area contributed by atoms with Crippen molar-refractivity contribution in [1.29, 1.82) is 0 Å². The minimum Gasteiger partial charge on any atom is -0.492 e. The Morgan fingerprint density at radius 3 is 2.89 bits per heavy atom. The molecule has 0 saturated heterocycles. The molecule has 0 fully saturated rings. The van der Waals surface area contributed by atoms with E-state index in [1.54, 1.807) is 18.2 Å². The summed E-state index contributed by atoms with van der Waals surface area (Å²) in [7, 11) is 0. The molecule has 0 atom stereocenters. The van der Waals surface area contributed by atoms with Crippen LogP contribution in [0.1, 0.15) is 24.2 Å². The van der Waals surface area contributed by atoms with Gasteiger partial charge in [0.1, 0.15) is 5.75 Å². The number of ether oxygens (including phenoxy) is 1. The van der Waals surface area contributed by atoms with Crippen LogP contribution in [0, 0.1) is 0 Å². The zero-order valence-corrected chi connectivity index (χ0v) is 10.8. The van der Waals surface area contributed by atoms with Crippen molar-refractivity contribution >= 4 is 17.4 Å². The molecule has 2 aromatic rings. The van der Waals surface area contributed by atoms with Gasteiger partial charge >= 0.3 is 0 Å². The molecule has 0 aliphatic heterocycles. The van der Waals surface area contributed by atoms with Crippen molar-refractivity contribution in [2.75, 3.05) is 6.61 Å². The molecule has 2 rings (SSSR count). The van der Waals surface area contributed by atoms with Gasteiger partial charge in [-0.1, -0.05) is 16.8 Å². The van der Waals surface area contributed by atoms with Gasteiger partial charge in [-0.2, -0.15) is 0 Å². The van der Waals surface area contributed by atoms with Crippen LogP contribution in [0.25, 0.3) is 11.3 Å². The smallest absolute Gasteiger partial charge is 0.177 e. The first kappa shape index (κ1) is 12.6. The molecule has 0 amide bonds. The molecule has 0 N–H and O–H groups in total. The average molecular weight is 266 g/mol. The minimum absolute atomic E-state index is 0.101. The van der Waals surface area contributed by atoms with Crippen LogP contribution >= 0.6 is 11.6 Å². The maximum atomic E-state index is 11.4. The molecule has 1 heterocycles. The van der Waals surface area contributed by atoms with Crippen LogP contribution < -0.4 is 4.74 Å². The van der Waals surface area contributed by atoms with Gasteiger partial charge in [-0.25, -0.2) is 0 Å². The van der Waals surface area contributed by atoms with Crippen LogP contribution in [0.5, 0.6) is 5.75 Å². The summed E-state index contributed by atoms with van der Waals surface area (Å²) in [6.07, 6.45) is 1.40. The van der Waals surface area contributed by atoms with Crippen LogP contribution in [0.3, 0.4) is 0 Å². The average Bonchev–Trinajstić information content (AvgIpc) is 2.81. The molecule has 1 aromatic heterocycles. The Hall–Kier alpha value is -1.81. The topological polar surface area (TPSA) is 52.3 Å². The third-order valence-corrected chi connectivity index (χ3v) is 2.74. The number of benzene rings is 1. The highest BCUT2D eigenvalue weighted by Gasteiger charge is 2.15. The first-order valence-electron chi connectivity index (χ1n) is 5.51. The molecule has 0 spiro atoms. The lowest BCUT2D eigenvalue weighted by atomic mass is 10.1. The summed E-state index contributed by atoms with van der Waals surface area (Å²) in [4.78, 5) is 11.4. The van der Waals surface area contributed by atoms with Crippen LogP contribution in [0.4, 0.5) is 0 Å². The third-order valence-electron chi connectivity index (χ3n) is 2.44. The van der Waals surface area contributed by atoms with Crippen molar-refractivity contribution in [2.24, 2.45) is 0 Å². The Bertz CT molecular complexity index is 577. The third kappa shape index (κ3) is 2.38. The molecule has 94 valence electrons. The number of hydrogen-bond donors (Lipinski definition) is 0. The van der Waals surface area contributed by atoms with E-state index < -0.39 is 0 Å². The van der Waals surface area contributed by atoms with Crippen molar-refractivity contribution in [2.45, 2.75) is 13.8 Å². The van der Waals surface area contributed by atoms with E-state index in [-0.39, 0.29) is 5.78 Å². The van der Waals surface area contributed by atoms with Crippen molar-refractivity contribution in [3.8, 4) is 17.1 Å². The second-order valence-corrected chi connectivity index (χ2v) is 4.11. The summed E-state index contributed by atoms with van der Waals surface area (Å²) in [6.45, 7) is 3.89. The van der Waals surface area contributed by atoms with E-state index in [4.69, 9.17) is 20.9 Å². The highest BCUT2D eigenvalue weighted by Crippen LogP contribution is 2.32. The zero-order chi connectivity index (χ0) is 13.1. The Morgan fingerprint density at radius 2 is 2.28 bits per heavy atom. The summed E-state index contributed by atoms with van der Waals surface area (Å²) in [5.41, 5.74) is 1.14. The molecular weight excluding hydrogens is 254 g/mol. The Balaban J connectivity index is 2.42. The van der Waals surface area contributed by atoms with Gasteiger partial charge in [0, 0.05) is 5.56 Å². The summed E-state index contributed by atoms with van der Waals surface area (Å²) in [5, 5.41) is 4.11. The Kier molecular flexibility index (Phi) is 3.67. The fourth-order valence-electron chi connectivity index (χ4n) is 1.61. The quantitative estimate of drug-likeness (QED) is 0.793. The zero-order valence-electron chi connectivity index (χ0n) is 10.1. The van der Waals surface area contributed by atoms with Gasteiger partial charge in [0.2, 0.25) is 0 Å². The van der Waals surface area contributed by atoms with E-state index in [9.17, 15) is 4.79 Å². The molecular formula is C13H12ClNO3. The minimum atomic E-state index is -0.101. The highest BCUT2D eigenvalue weighted by molar-refractivity contribution is 6.32. The fraction of sp³-hybridized carbons (Fsp3) is 0.231. The van der Waals surface area contributed by atoms with Gasteiger partial charge in [0.25, 0.3) is 0 Å². The van der Waals surface area contributed by atoms with Crippen LogP contribution in [-0.4, -0.2) is 17.5 Å². The molecule has 0 saturated carbocycles. The van der Waals surface area contributed by atoms with Crippen molar-refractivity contribution < 1.29 is 14.1 Å². The summed E-state index contributed by atoms with van der Waals surface area (Å²) in [6, 6.07) is 5.22. The molecule has 0 radical (unpaired) electrons. The number of aromatic nitrogens is 1. The number of carbonyl (C=O) groups excluding carboxylic acids is 1. The number of hydrogen-bond acceptors (Lipinski definition) is 4. The van der Waals surface area contributed by atoms with E-state index in [2.05, 4.69) is 5.16 Å². The van der Waals surface area contributed by atoms with E-state index in [0.29, 0.717) is 34.3 Å². The van der Waals surface area contributed by atoms with Crippen molar-refractivity contribution in [3.63, 3.8) is 0 Å². The van der Waals surface area contributed by atoms with E-state index >= 15 is 0 Å². The lowest BCUT2D eigenvalue weighted by molar-refractivity contribution is 0.101. The normalized spacial score (nSPS) is 10.4. The van der Waals surface area contributed by atoms with E-state index in [1.165, 1.54) is 13.1 Å². The largest absolute Gasteiger partial charge is 0.492 e. The summed E-state index contributed by atoms with van der Waals surface area (Å²) >= 11 is 6.08. The van der Waals surface area contributed by atoms with Gasteiger partial charge in [-0.15, -0.1) is 0 Å². The first-order valence-corrected chi connectivity index (χ1v) is 5.89. The molecule has 5 heteroatoms. The summed E-state index contributed by atoms with van der Waals surface area (Å²) < 4.78 is 10.4. The molecule has 0 aliphatic carbocycles. The van der Waals surface area contributed by atoms with Crippen LogP contribution in [0.15, 0.2) is 28.9 Å². The van der Waals surface area contributed by atoms with Gasteiger partial charge in [0.05, 0.1) is 23.4 Å². The number of halogens is 1. The van der Waals surface area contributed by atoms with E-state index in [0.717, 1.165) is 0 Å². The summed E-state index contributed by atoms with van der Waals surface area (Å²) in [5.74, 6) is 0.926. The van der Waals surface area contributed by atoms with Gasteiger partial charge < -0.3 is 9.26 Å². The molecule has 1 aromatic carbocycles. The van der Waals surface area contributed by atoms with Gasteiger partial charge in [-0.3, -0.25) is 4.79 Å². The number of carbonyl (C=O) groups is 1. The Morgan fingerprint density at radius 1 is 1.50 bits per heavy atom. The molecule has 4 nitrogen and oxygen atoms in total. The number of ketones is 1. The maximum Gasteiger partial charge on any atom is 0.177 e. The number of rotatable bonds is 4. The molecule has 0 bridgehead atoms. The molecule has 0 aliphatic rings. The predicted molar refractivity (Wildman–Crippen MR) is 68.1 cm³/mol. The SMILES string of the molecule is CCOc1ccc(-c2oncc2C(C)=O)cc1Cl. The second kappa shape index (κ2) is 5.23. The number of nitrogens with zero attached hydrogens (tertiary/aromatic N) is 1. The lowest BCUT2D eigenvalue weighted by Gasteiger charge is -2.06. The van der Waals surface area contributed by atoms with Gasteiger partial charge in [0.15, 0.2) is 11.5 Å². The molecule has 0 unspecified atom stereocenters. The fourth-order valence-corrected chi connectivity index (χ4v) is 1.85. The highest BCUT2D eigenvalue weighted by atomic mass is 35.5. The van der Waals surface area contributed by atoms with Crippen molar-refractivity contribution in [1.82, 2.24) is 5.16 Å². The van der Waals surface area contributed by atoms with Crippen LogP contribution in [0.2, 0.25) is 5.02 Å². The van der Waals surface area contributed by atoms with Crippen LogP contribution in [-0.2, 0) is 0 Å². The maximum absolute atomic E-state index is 11.4. The second-order valence-electron chi connectivity index (χ2n) is 3.70. The monoisotopic (exact) mass is 265 g/mol. The van der Waals surface area contributed by atoms with Crippen molar-refractivity contribution in [3.05, 3.63) is 35.0 Å². The molecule has 18 heavy (non-hydrogen) atoms. The number of Topliss-reactive ketones (excluding diaryl/α,β-unsaturated/α-hetero) is 1. The predicted octanol–water partition coefficient (Wildman–Crippen LogP) is 3.60. The van der Waals surface area contributed by atoms with E-state index in [1.807, 2.05) is 6.92 Å². The lowest BCUT2D eigenvalue weighted by Crippen LogP contribution is -1.94. The first-order chi connectivity index (χ1) is 8.63. The standard InChI is InChI=1S/C13H12ClNO3/c1-3-17-12-5-4-9(6-11(12)14)13-10(8(2)16)7-15-18-13/h4-7H,3H2,1-2H3. The Labute approximate surface area is 109 Å².